The highest BCUT2D eigenvalue weighted by molar-refractivity contribution is 7.98. The van der Waals surface area contributed by atoms with Crippen molar-refractivity contribution < 1.29 is 19.1 Å². The van der Waals surface area contributed by atoms with E-state index in [0.717, 1.165) is 4.90 Å². The number of hydrogen-bond donors (Lipinski definition) is 2. The zero-order valence-electron chi connectivity index (χ0n) is 16.4. The molecule has 0 aliphatic carbocycles. The van der Waals surface area contributed by atoms with Gasteiger partial charge >= 0.3 is 6.09 Å². The molecule has 8 nitrogen and oxygen atoms in total. The second-order valence-electron chi connectivity index (χ2n) is 8.03. The summed E-state index contributed by atoms with van der Waals surface area (Å²) in [5, 5.41) is 5.77. The molecule has 1 fully saturated rings. The van der Waals surface area contributed by atoms with E-state index in [-0.39, 0.29) is 23.9 Å². The van der Waals surface area contributed by atoms with Crippen LogP contribution in [0.25, 0.3) is 0 Å². The van der Waals surface area contributed by atoms with Crippen LogP contribution in [-0.4, -0.2) is 51.5 Å². The third kappa shape index (κ3) is 4.09. The summed E-state index contributed by atoms with van der Waals surface area (Å²) in [5.74, 6) is -0.462. The van der Waals surface area contributed by atoms with Gasteiger partial charge in [-0.1, -0.05) is 0 Å². The van der Waals surface area contributed by atoms with Gasteiger partial charge < -0.3 is 20.3 Å². The highest BCUT2D eigenvalue weighted by atomic mass is 32.2. The number of aromatic nitrogens is 1. The second kappa shape index (κ2) is 7.14. The van der Waals surface area contributed by atoms with Gasteiger partial charge in [0.1, 0.15) is 11.3 Å². The molecular weight excluding hydrogens is 392 g/mol. The zero-order chi connectivity index (χ0) is 20.8. The Hall–Kier alpha value is -2.94. The number of nitrogens with one attached hydrogen (secondary N) is 2. The zero-order valence-corrected chi connectivity index (χ0v) is 17.2. The van der Waals surface area contributed by atoms with Crippen molar-refractivity contribution in [3.05, 3.63) is 47.8 Å². The van der Waals surface area contributed by atoms with Crippen LogP contribution < -0.4 is 10.6 Å². The summed E-state index contributed by atoms with van der Waals surface area (Å²) in [7, 11) is 0. The Labute approximate surface area is 172 Å². The van der Waals surface area contributed by atoms with Gasteiger partial charge in [-0.2, -0.15) is 0 Å². The van der Waals surface area contributed by atoms with Gasteiger partial charge in [0.05, 0.1) is 16.6 Å². The van der Waals surface area contributed by atoms with Gasteiger partial charge in [0, 0.05) is 24.8 Å². The van der Waals surface area contributed by atoms with Gasteiger partial charge in [0.2, 0.25) is 0 Å². The number of ether oxygens (including phenoxy) is 1. The minimum absolute atomic E-state index is 0.126. The van der Waals surface area contributed by atoms with Gasteiger partial charge in [-0.05, 0) is 63.1 Å². The van der Waals surface area contributed by atoms with E-state index in [0.29, 0.717) is 30.0 Å². The van der Waals surface area contributed by atoms with E-state index in [1.807, 2.05) is 39.1 Å². The molecule has 0 bridgehead atoms. The molecule has 2 aliphatic heterocycles. The lowest BCUT2D eigenvalue weighted by Crippen LogP contribution is -2.61. The minimum Gasteiger partial charge on any atom is -0.444 e. The van der Waals surface area contributed by atoms with Crippen LogP contribution >= 0.6 is 11.9 Å². The van der Waals surface area contributed by atoms with E-state index in [2.05, 4.69) is 10.6 Å². The number of carbonyl (C=O) groups excluding carboxylic acids is 3. The van der Waals surface area contributed by atoms with Crippen LogP contribution in [0.3, 0.4) is 0 Å². The van der Waals surface area contributed by atoms with Gasteiger partial charge in [0.25, 0.3) is 11.8 Å². The molecule has 3 amide bonds. The van der Waals surface area contributed by atoms with E-state index in [9.17, 15) is 14.4 Å². The molecule has 1 aromatic heterocycles. The van der Waals surface area contributed by atoms with Crippen molar-refractivity contribution in [3.8, 4) is 0 Å². The number of rotatable bonds is 2. The molecule has 0 spiro atoms. The highest BCUT2D eigenvalue weighted by Gasteiger charge is 2.34. The molecule has 0 radical (unpaired) electrons. The van der Waals surface area contributed by atoms with Crippen LogP contribution in [0.1, 0.15) is 41.6 Å². The van der Waals surface area contributed by atoms with Crippen LogP contribution in [0.2, 0.25) is 0 Å². The first-order valence-corrected chi connectivity index (χ1v) is 10.1. The monoisotopic (exact) mass is 414 g/mol. The molecular formula is C20H22N4O4S. The number of hydrogen-bond acceptors (Lipinski definition) is 5. The molecule has 152 valence electrons. The standard InChI is InChI=1S/C20H22N4O4S/c1-20(2,3)28-19(27)23-10-13(11-23)21-17(25)12-6-7-16-14(9-12)22-18(26)15-5-4-8-24(15)29-16/h4-9,13H,10-11H2,1-3H3,(H,21,25)(H,22,26). The number of anilines is 1. The SMILES string of the molecule is CC(C)(C)OC(=O)N1CC(NC(=O)c2ccc3c(c2)NC(=O)c2cccn2S3)C1. The van der Waals surface area contributed by atoms with Crippen molar-refractivity contribution in [2.75, 3.05) is 18.4 Å². The number of fused-ring (bicyclic) bond motifs is 2. The van der Waals surface area contributed by atoms with E-state index in [4.69, 9.17) is 4.74 Å². The Kier molecular flexibility index (Phi) is 4.77. The fourth-order valence-electron chi connectivity index (χ4n) is 3.08. The molecule has 1 saturated heterocycles. The number of amides is 3. The summed E-state index contributed by atoms with van der Waals surface area (Å²) in [6.45, 7) is 6.27. The van der Waals surface area contributed by atoms with E-state index in [1.165, 1.54) is 11.9 Å². The van der Waals surface area contributed by atoms with Crippen LogP contribution in [0.5, 0.6) is 0 Å². The second-order valence-corrected chi connectivity index (χ2v) is 9.05. The molecule has 0 saturated carbocycles. The average Bonchev–Trinajstić information content (AvgIpc) is 3.00. The van der Waals surface area contributed by atoms with E-state index in [1.54, 1.807) is 27.1 Å². The van der Waals surface area contributed by atoms with E-state index < -0.39 is 5.60 Å². The normalized spacial score (nSPS) is 16.1. The Balaban J connectivity index is 1.38. The fraction of sp³-hybridized carbons (Fsp3) is 0.350. The third-order valence-electron chi connectivity index (χ3n) is 4.50. The first kappa shape index (κ1) is 19.4. The Morgan fingerprint density at radius 2 is 2.00 bits per heavy atom. The quantitative estimate of drug-likeness (QED) is 0.788. The highest BCUT2D eigenvalue weighted by Crippen LogP contribution is 2.34. The summed E-state index contributed by atoms with van der Waals surface area (Å²) in [6.07, 6.45) is 1.44. The molecule has 0 unspecified atom stereocenters. The van der Waals surface area contributed by atoms with Crippen LogP contribution in [0.15, 0.2) is 41.4 Å². The van der Waals surface area contributed by atoms with Crippen molar-refractivity contribution in [1.29, 1.82) is 0 Å². The number of carbonyl (C=O) groups is 3. The summed E-state index contributed by atoms with van der Waals surface area (Å²) in [4.78, 5) is 39.3. The third-order valence-corrected chi connectivity index (χ3v) is 5.57. The summed E-state index contributed by atoms with van der Waals surface area (Å²) in [5.41, 5.74) is 1.05. The molecule has 0 atom stereocenters. The number of benzene rings is 1. The summed E-state index contributed by atoms with van der Waals surface area (Å²) >= 11 is 1.42. The van der Waals surface area contributed by atoms with Gasteiger partial charge in [-0.15, -0.1) is 0 Å². The minimum atomic E-state index is -0.545. The van der Waals surface area contributed by atoms with Gasteiger partial charge in [-0.3, -0.25) is 13.6 Å². The lowest BCUT2D eigenvalue weighted by atomic mass is 10.1. The number of likely N-dealkylation sites (tertiary alicyclic amines) is 1. The number of nitrogens with zero attached hydrogens (tertiary/aromatic N) is 2. The molecule has 3 heterocycles. The van der Waals surface area contributed by atoms with E-state index >= 15 is 0 Å². The van der Waals surface area contributed by atoms with Gasteiger partial charge in [0.15, 0.2) is 0 Å². The molecule has 1 aromatic carbocycles. The van der Waals surface area contributed by atoms with Crippen LogP contribution in [-0.2, 0) is 4.74 Å². The first-order valence-electron chi connectivity index (χ1n) is 9.29. The van der Waals surface area contributed by atoms with Crippen molar-refractivity contribution >= 4 is 35.5 Å². The topological polar surface area (TPSA) is 92.7 Å². The van der Waals surface area contributed by atoms with Crippen molar-refractivity contribution in [3.63, 3.8) is 0 Å². The van der Waals surface area contributed by atoms with Crippen molar-refractivity contribution in [2.45, 2.75) is 37.3 Å². The Bertz CT molecular complexity index is 989. The largest absolute Gasteiger partial charge is 0.444 e. The molecule has 2 aromatic rings. The maximum absolute atomic E-state index is 12.6. The predicted molar refractivity (Wildman–Crippen MR) is 109 cm³/mol. The summed E-state index contributed by atoms with van der Waals surface area (Å²) < 4.78 is 7.11. The smallest absolute Gasteiger partial charge is 0.410 e. The summed E-state index contributed by atoms with van der Waals surface area (Å²) in [6, 6.07) is 8.65. The molecule has 2 aliphatic rings. The van der Waals surface area contributed by atoms with Crippen molar-refractivity contribution in [2.24, 2.45) is 0 Å². The van der Waals surface area contributed by atoms with Crippen molar-refractivity contribution in [1.82, 2.24) is 14.2 Å². The average molecular weight is 414 g/mol. The van der Waals surface area contributed by atoms with Gasteiger partial charge in [-0.25, -0.2) is 4.79 Å². The first-order chi connectivity index (χ1) is 13.7. The van der Waals surface area contributed by atoms with Crippen LogP contribution in [0, 0.1) is 0 Å². The maximum Gasteiger partial charge on any atom is 0.410 e. The maximum atomic E-state index is 12.6. The molecule has 9 heteroatoms. The predicted octanol–water partition coefficient (Wildman–Crippen LogP) is 2.96. The Morgan fingerprint density at radius 3 is 2.72 bits per heavy atom. The fourth-order valence-corrected chi connectivity index (χ4v) is 4.00. The lowest BCUT2D eigenvalue weighted by Gasteiger charge is -2.39. The molecule has 29 heavy (non-hydrogen) atoms. The molecule has 4 rings (SSSR count). The molecule has 2 N–H and O–H groups in total. The lowest BCUT2D eigenvalue weighted by molar-refractivity contribution is 0.00533. The Morgan fingerprint density at radius 1 is 1.24 bits per heavy atom. The van der Waals surface area contributed by atoms with Crippen LogP contribution in [0.4, 0.5) is 10.5 Å².